The van der Waals surface area contributed by atoms with Gasteiger partial charge in [-0.15, -0.1) is 0 Å². The van der Waals surface area contributed by atoms with E-state index in [1.165, 1.54) is 0 Å². The second-order valence-corrected chi connectivity index (χ2v) is 5.97. The Balaban J connectivity index is 2.21. The van der Waals surface area contributed by atoms with Crippen LogP contribution in [0, 0.1) is 0 Å². The van der Waals surface area contributed by atoms with Gasteiger partial charge in [0, 0.05) is 24.7 Å². The zero-order valence-corrected chi connectivity index (χ0v) is 16.2. The number of methoxy groups -OCH3 is 2. The van der Waals surface area contributed by atoms with Gasteiger partial charge in [0.2, 0.25) is 0 Å². The maximum Gasteiger partial charge on any atom is 0.185 e. The number of ether oxygens (including phenoxy) is 3. The number of aryl methyl sites for hydroxylation is 1. The van der Waals surface area contributed by atoms with E-state index in [0.717, 1.165) is 25.1 Å². The van der Waals surface area contributed by atoms with E-state index in [1.54, 1.807) is 32.7 Å². The lowest BCUT2D eigenvalue weighted by Crippen LogP contribution is -2.17. The zero-order chi connectivity index (χ0) is 18.9. The summed E-state index contributed by atoms with van der Waals surface area (Å²) < 4.78 is 16.7. The second-order valence-electron chi connectivity index (χ2n) is 5.97. The molecule has 142 valence electrons. The molecule has 1 atom stereocenters. The molecule has 0 radical (unpaired) electrons. The first-order valence-electron chi connectivity index (χ1n) is 8.93. The molecule has 0 aromatic carbocycles. The molecule has 0 fully saturated rings. The van der Waals surface area contributed by atoms with Crippen molar-refractivity contribution < 1.29 is 14.2 Å². The monoisotopic (exact) mass is 360 g/mol. The van der Waals surface area contributed by atoms with Crippen LogP contribution in [0.2, 0.25) is 0 Å². The van der Waals surface area contributed by atoms with Crippen LogP contribution < -0.4 is 19.5 Å². The standard InChI is InChI=1S/C19H28N4O3/c1-6-8-13(3)22-19-16(11-21-17(7-2)23-19)26-12-14-18(25-5)15(24-4)9-10-20-14/h9-11,13H,6-8,12H2,1-5H3,(H,21,22,23)/t13-/m0/s1. The summed E-state index contributed by atoms with van der Waals surface area (Å²) in [4.78, 5) is 13.3. The van der Waals surface area contributed by atoms with Gasteiger partial charge in [-0.1, -0.05) is 20.3 Å². The van der Waals surface area contributed by atoms with Gasteiger partial charge < -0.3 is 19.5 Å². The van der Waals surface area contributed by atoms with Crippen LogP contribution in [0.15, 0.2) is 18.5 Å². The van der Waals surface area contributed by atoms with Crippen LogP contribution in [0.1, 0.15) is 45.1 Å². The molecule has 0 saturated heterocycles. The Morgan fingerprint density at radius 1 is 1.12 bits per heavy atom. The third kappa shape index (κ3) is 4.97. The summed E-state index contributed by atoms with van der Waals surface area (Å²) in [6.07, 6.45) is 6.29. The number of hydrogen-bond donors (Lipinski definition) is 1. The number of nitrogens with one attached hydrogen (secondary N) is 1. The molecule has 0 amide bonds. The topological polar surface area (TPSA) is 78.4 Å². The highest BCUT2D eigenvalue weighted by molar-refractivity contribution is 5.50. The van der Waals surface area contributed by atoms with Gasteiger partial charge in [-0.25, -0.2) is 9.97 Å². The minimum Gasteiger partial charge on any atom is -0.493 e. The molecular formula is C19H28N4O3. The van der Waals surface area contributed by atoms with Crippen molar-refractivity contribution in [1.29, 1.82) is 0 Å². The number of aromatic nitrogens is 3. The van der Waals surface area contributed by atoms with Crippen LogP contribution in [0.25, 0.3) is 0 Å². The van der Waals surface area contributed by atoms with Crippen molar-refractivity contribution in [3.05, 3.63) is 30.0 Å². The van der Waals surface area contributed by atoms with Crippen molar-refractivity contribution in [3.8, 4) is 17.2 Å². The average molecular weight is 360 g/mol. The quantitative estimate of drug-likeness (QED) is 0.693. The molecule has 0 saturated carbocycles. The minimum absolute atomic E-state index is 0.228. The molecule has 2 heterocycles. The first-order valence-corrected chi connectivity index (χ1v) is 8.93. The Bertz CT molecular complexity index is 709. The van der Waals surface area contributed by atoms with E-state index in [1.807, 2.05) is 6.92 Å². The van der Waals surface area contributed by atoms with Crippen LogP contribution in [-0.4, -0.2) is 35.2 Å². The highest BCUT2D eigenvalue weighted by Gasteiger charge is 2.15. The number of rotatable bonds is 10. The Morgan fingerprint density at radius 3 is 2.58 bits per heavy atom. The lowest BCUT2D eigenvalue weighted by atomic mass is 10.2. The molecule has 0 aliphatic carbocycles. The van der Waals surface area contributed by atoms with E-state index >= 15 is 0 Å². The van der Waals surface area contributed by atoms with Crippen LogP contribution in [0.3, 0.4) is 0 Å². The SMILES string of the molecule is CCC[C@H](C)Nc1nc(CC)ncc1OCc1nccc(OC)c1OC. The Morgan fingerprint density at radius 2 is 1.92 bits per heavy atom. The second kappa shape index (κ2) is 9.79. The van der Waals surface area contributed by atoms with Gasteiger partial charge in [0.25, 0.3) is 0 Å². The molecule has 0 bridgehead atoms. The van der Waals surface area contributed by atoms with E-state index < -0.39 is 0 Å². The Kier molecular flexibility index (Phi) is 7.44. The summed E-state index contributed by atoms with van der Waals surface area (Å²) in [5, 5.41) is 3.42. The van der Waals surface area contributed by atoms with Gasteiger partial charge in [-0.05, 0) is 13.3 Å². The summed E-state index contributed by atoms with van der Waals surface area (Å²) in [6.45, 7) is 6.55. The first-order chi connectivity index (χ1) is 12.6. The van der Waals surface area contributed by atoms with E-state index in [2.05, 4.69) is 34.1 Å². The fraction of sp³-hybridized carbons (Fsp3) is 0.526. The van der Waals surface area contributed by atoms with Gasteiger partial charge in [-0.3, -0.25) is 4.98 Å². The summed E-state index contributed by atoms with van der Waals surface area (Å²) in [5.74, 6) is 3.26. The van der Waals surface area contributed by atoms with Crippen LogP contribution in [0.4, 0.5) is 5.82 Å². The lowest BCUT2D eigenvalue weighted by Gasteiger charge is -2.18. The normalized spacial score (nSPS) is 11.7. The molecule has 26 heavy (non-hydrogen) atoms. The molecule has 2 rings (SSSR count). The molecule has 2 aromatic rings. The van der Waals surface area contributed by atoms with Crippen LogP contribution in [-0.2, 0) is 13.0 Å². The van der Waals surface area contributed by atoms with Gasteiger partial charge in [-0.2, -0.15) is 0 Å². The molecule has 7 heteroatoms. The average Bonchev–Trinajstić information content (AvgIpc) is 2.66. The molecule has 0 spiro atoms. The summed E-state index contributed by atoms with van der Waals surface area (Å²) in [5.41, 5.74) is 0.652. The summed E-state index contributed by atoms with van der Waals surface area (Å²) in [7, 11) is 3.18. The summed E-state index contributed by atoms with van der Waals surface area (Å²) >= 11 is 0. The maximum atomic E-state index is 5.96. The fourth-order valence-corrected chi connectivity index (χ4v) is 2.62. The number of anilines is 1. The summed E-state index contributed by atoms with van der Waals surface area (Å²) in [6, 6.07) is 2.05. The predicted molar refractivity (Wildman–Crippen MR) is 101 cm³/mol. The molecular weight excluding hydrogens is 332 g/mol. The van der Waals surface area contributed by atoms with Crippen molar-refractivity contribution in [1.82, 2.24) is 15.0 Å². The van der Waals surface area contributed by atoms with Crippen LogP contribution >= 0.6 is 0 Å². The van der Waals surface area contributed by atoms with E-state index in [4.69, 9.17) is 14.2 Å². The van der Waals surface area contributed by atoms with Gasteiger partial charge >= 0.3 is 0 Å². The van der Waals surface area contributed by atoms with Gasteiger partial charge in [0.05, 0.1) is 20.4 Å². The molecule has 1 N–H and O–H groups in total. The molecule has 0 aliphatic rings. The number of nitrogens with zero attached hydrogens (tertiary/aromatic N) is 3. The van der Waals surface area contributed by atoms with Gasteiger partial charge in [0.1, 0.15) is 18.1 Å². The molecule has 0 unspecified atom stereocenters. The Hall–Kier alpha value is -2.57. The maximum absolute atomic E-state index is 5.96. The van der Waals surface area contributed by atoms with Crippen LogP contribution in [0.5, 0.6) is 17.2 Å². The molecule has 0 aliphatic heterocycles. The number of hydrogen-bond acceptors (Lipinski definition) is 7. The first kappa shape index (κ1) is 19.8. The van der Waals surface area contributed by atoms with E-state index in [9.17, 15) is 0 Å². The van der Waals surface area contributed by atoms with E-state index in [-0.39, 0.29) is 6.61 Å². The van der Waals surface area contributed by atoms with Crippen molar-refractivity contribution in [2.45, 2.75) is 52.7 Å². The minimum atomic E-state index is 0.228. The largest absolute Gasteiger partial charge is 0.493 e. The Labute approximate surface area is 155 Å². The van der Waals surface area contributed by atoms with Crippen molar-refractivity contribution in [2.24, 2.45) is 0 Å². The smallest absolute Gasteiger partial charge is 0.185 e. The highest BCUT2D eigenvalue weighted by atomic mass is 16.5. The molecule has 2 aromatic heterocycles. The third-order valence-electron chi connectivity index (χ3n) is 3.96. The predicted octanol–water partition coefficient (Wildman–Crippen LogP) is 3.63. The lowest BCUT2D eigenvalue weighted by molar-refractivity contribution is 0.283. The number of pyridine rings is 1. The van der Waals surface area contributed by atoms with Crippen molar-refractivity contribution >= 4 is 5.82 Å². The van der Waals surface area contributed by atoms with Crippen molar-refractivity contribution in [3.63, 3.8) is 0 Å². The van der Waals surface area contributed by atoms with Crippen molar-refractivity contribution in [2.75, 3.05) is 19.5 Å². The van der Waals surface area contributed by atoms with E-state index in [0.29, 0.717) is 34.8 Å². The highest BCUT2D eigenvalue weighted by Crippen LogP contribution is 2.31. The molecule has 7 nitrogen and oxygen atoms in total. The zero-order valence-electron chi connectivity index (χ0n) is 16.2. The van der Waals surface area contributed by atoms with Gasteiger partial charge in [0.15, 0.2) is 23.1 Å². The third-order valence-corrected chi connectivity index (χ3v) is 3.96. The fourth-order valence-electron chi connectivity index (χ4n) is 2.62.